The largest absolute Gasteiger partial charge is 0.326 e. The summed E-state index contributed by atoms with van der Waals surface area (Å²) in [5.74, 6) is 0. The van der Waals surface area contributed by atoms with Crippen molar-refractivity contribution in [1.29, 1.82) is 5.26 Å². The molecule has 0 aliphatic carbocycles. The van der Waals surface area contributed by atoms with Gasteiger partial charge < -0.3 is 10.6 Å². The molecule has 104 valence electrons. The Morgan fingerprint density at radius 2 is 2.05 bits per heavy atom. The number of nitriles is 1. The van der Waals surface area contributed by atoms with Gasteiger partial charge in [0, 0.05) is 15.6 Å². The zero-order valence-electron chi connectivity index (χ0n) is 11.6. The predicted octanol–water partition coefficient (Wildman–Crippen LogP) is 3.63. The molecule has 0 fully saturated rings. The molecular formula is C15H16BrN3O. The van der Waals surface area contributed by atoms with Crippen molar-refractivity contribution in [3.05, 3.63) is 45.6 Å². The molecular weight excluding hydrogens is 318 g/mol. The number of nitrogens with one attached hydrogen (secondary N) is 2. The second-order valence-corrected chi connectivity index (χ2v) is 6.65. The van der Waals surface area contributed by atoms with Crippen LogP contribution in [0.25, 0.3) is 0 Å². The van der Waals surface area contributed by atoms with Gasteiger partial charge in [0.15, 0.2) is 0 Å². The number of carbonyl (C=O) groups is 1. The van der Waals surface area contributed by atoms with E-state index in [1.165, 1.54) is 0 Å². The molecule has 2 N–H and O–H groups in total. The van der Waals surface area contributed by atoms with Gasteiger partial charge in [-0.3, -0.25) is 0 Å². The van der Waals surface area contributed by atoms with Crippen molar-refractivity contribution in [1.82, 2.24) is 10.6 Å². The summed E-state index contributed by atoms with van der Waals surface area (Å²) < 4.78 is 0.914. The lowest BCUT2D eigenvalue weighted by Crippen LogP contribution is -2.46. The van der Waals surface area contributed by atoms with Crippen LogP contribution in [0, 0.1) is 16.7 Å². The van der Waals surface area contributed by atoms with Crippen LogP contribution in [-0.2, 0) is 0 Å². The molecule has 0 saturated heterocycles. The first-order valence-electron chi connectivity index (χ1n) is 6.30. The van der Waals surface area contributed by atoms with Crippen LogP contribution in [-0.4, -0.2) is 6.03 Å². The highest BCUT2D eigenvalue weighted by Gasteiger charge is 2.33. The van der Waals surface area contributed by atoms with E-state index in [9.17, 15) is 10.1 Å². The van der Waals surface area contributed by atoms with Crippen LogP contribution in [0.3, 0.4) is 0 Å². The Hall–Kier alpha value is -1.80. The van der Waals surface area contributed by atoms with Crippen LogP contribution in [0.1, 0.15) is 32.4 Å². The Bertz CT molecular complexity index is 623. The standard InChI is InChI=1S/C15H16BrN3O/c1-15(2,3)13-11(8-17)12(18-14(20)19-13)9-5-4-6-10(16)7-9/h4-7,12H,1-3H3,(H2,18,19,20)/t12-/m0/s1. The molecule has 2 rings (SSSR count). The van der Waals surface area contributed by atoms with Crippen LogP contribution < -0.4 is 10.6 Å². The fraction of sp³-hybridized carbons (Fsp3) is 0.333. The molecule has 0 aromatic heterocycles. The minimum atomic E-state index is -0.416. The van der Waals surface area contributed by atoms with Crippen molar-refractivity contribution >= 4 is 22.0 Å². The fourth-order valence-corrected chi connectivity index (χ4v) is 2.63. The minimum absolute atomic E-state index is 0.279. The lowest BCUT2D eigenvalue weighted by Gasteiger charge is -2.33. The molecule has 2 amide bonds. The molecule has 1 atom stereocenters. The quantitative estimate of drug-likeness (QED) is 0.824. The van der Waals surface area contributed by atoms with Gasteiger partial charge in [0.25, 0.3) is 0 Å². The number of benzene rings is 1. The van der Waals surface area contributed by atoms with Gasteiger partial charge in [0.05, 0.1) is 17.7 Å². The third-order valence-electron chi connectivity index (χ3n) is 3.12. The number of nitrogens with zero attached hydrogens (tertiary/aromatic N) is 1. The lowest BCUT2D eigenvalue weighted by molar-refractivity contribution is 0.235. The Balaban J connectivity index is 2.57. The van der Waals surface area contributed by atoms with E-state index in [4.69, 9.17) is 0 Å². The number of hydrogen-bond acceptors (Lipinski definition) is 2. The molecule has 5 heteroatoms. The molecule has 20 heavy (non-hydrogen) atoms. The molecule has 1 aliphatic heterocycles. The molecule has 0 saturated carbocycles. The normalized spacial score (nSPS) is 19.1. The van der Waals surface area contributed by atoms with E-state index in [1.807, 2.05) is 45.0 Å². The predicted molar refractivity (Wildman–Crippen MR) is 80.6 cm³/mol. The van der Waals surface area contributed by atoms with Gasteiger partial charge in [-0.15, -0.1) is 0 Å². The maximum Gasteiger partial charge on any atom is 0.319 e. The van der Waals surface area contributed by atoms with Crippen LogP contribution >= 0.6 is 15.9 Å². The van der Waals surface area contributed by atoms with Gasteiger partial charge >= 0.3 is 6.03 Å². The highest BCUT2D eigenvalue weighted by atomic mass is 79.9. The SMILES string of the molecule is CC(C)(C)C1=C(C#N)[C@H](c2cccc(Br)c2)NC(=O)N1. The molecule has 1 aliphatic rings. The topological polar surface area (TPSA) is 64.9 Å². The number of urea groups is 1. The van der Waals surface area contributed by atoms with Gasteiger partial charge in [0.1, 0.15) is 0 Å². The number of carbonyl (C=O) groups excluding carboxylic acids is 1. The molecule has 1 aromatic rings. The van der Waals surface area contributed by atoms with Gasteiger partial charge in [-0.25, -0.2) is 4.79 Å². The summed E-state index contributed by atoms with van der Waals surface area (Å²) in [6, 6.07) is 9.15. The van der Waals surface area contributed by atoms with E-state index < -0.39 is 6.04 Å². The second-order valence-electron chi connectivity index (χ2n) is 5.74. The van der Waals surface area contributed by atoms with E-state index in [1.54, 1.807) is 0 Å². The number of rotatable bonds is 1. The number of hydrogen-bond donors (Lipinski definition) is 2. The molecule has 1 aromatic carbocycles. The maximum absolute atomic E-state index is 11.9. The Labute approximate surface area is 127 Å². The maximum atomic E-state index is 11.9. The van der Waals surface area contributed by atoms with Crippen molar-refractivity contribution in [3.8, 4) is 6.07 Å². The van der Waals surface area contributed by atoms with E-state index in [0.29, 0.717) is 11.3 Å². The molecule has 1 heterocycles. The summed E-state index contributed by atoms with van der Waals surface area (Å²) in [6.07, 6.45) is 0. The smallest absolute Gasteiger partial charge is 0.319 e. The summed E-state index contributed by atoms with van der Waals surface area (Å²) in [7, 11) is 0. The van der Waals surface area contributed by atoms with Gasteiger partial charge in [-0.05, 0) is 17.7 Å². The van der Waals surface area contributed by atoms with Crippen molar-refractivity contribution < 1.29 is 4.79 Å². The van der Waals surface area contributed by atoms with E-state index in [-0.39, 0.29) is 11.4 Å². The number of allylic oxidation sites excluding steroid dienone is 1. The Morgan fingerprint density at radius 1 is 1.35 bits per heavy atom. The Kier molecular flexibility index (Phi) is 3.87. The van der Waals surface area contributed by atoms with Crippen molar-refractivity contribution in [2.75, 3.05) is 0 Å². The van der Waals surface area contributed by atoms with Crippen LogP contribution in [0.2, 0.25) is 0 Å². The van der Waals surface area contributed by atoms with E-state index in [0.717, 1.165) is 10.0 Å². The summed E-state index contributed by atoms with van der Waals surface area (Å²) >= 11 is 3.41. The first-order chi connectivity index (χ1) is 9.32. The number of halogens is 1. The summed E-state index contributed by atoms with van der Waals surface area (Å²) in [5, 5.41) is 15.1. The van der Waals surface area contributed by atoms with Crippen molar-refractivity contribution in [2.24, 2.45) is 5.41 Å². The van der Waals surface area contributed by atoms with Gasteiger partial charge in [-0.2, -0.15) is 5.26 Å². The molecule has 0 bridgehead atoms. The summed E-state index contributed by atoms with van der Waals surface area (Å²) in [4.78, 5) is 11.9. The fourth-order valence-electron chi connectivity index (χ4n) is 2.21. The third kappa shape index (κ3) is 2.86. The first-order valence-corrected chi connectivity index (χ1v) is 7.10. The highest BCUT2D eigenvalue weighted by molar-refractivity contribution is 9.10. The zero-order valence-corrected chi connectivity index (χ0v) is 13.2. The molecule has 0 unspecified atom stereocenters. The molecule has 0 radical (unpaired) electrons. The van der Waals surface area contributed by atoms with Crippen molar-refractivity contribution in [3.63, 3.8) is 0 Å². The van der Waals surface area contributed by atoms with Crippen molar-refractivity contribution in [2.45, 2.75) is 26.8 Å². The average Bonchev–Trinajstić information content (AvgIpc) is 2.36. The van der Waals surface area contributed by atoms with Gasteiger partial charge in [0.2, 0.25) is 0 Å². The van der Waals surface area contributed by atoms with Crippen LogP contribution in [0.5, 0.6) is 0 Å². The summed E-state index contributed by atoms with van der Waals surface area (Å²) in [6.45, 7) is 5.93. The Morgan fingerprint density at radius 3 is 2.60 bits per heavy atom. The van der Waals surface area contributed by atoms with Crippen LogP contribution in [0.15, 0.2) is 40.0 Å². The minimum Gasteiger partial charge on any atom is -0.326 e. The van der Waals surface area contributed by atoms with Crippen LogP contribution in [0.4, 0.5) is 4.79 Å². The first kappa shape index (κ1) is 14.6. The average molecular weight is 334 g/mol. The highest BCUT2D eigenvalue weighted by Crippen LogP contribution is 2.34. The lowest BCUT2D eigenvalue weighted by atomic mass is 9.84. The molecule has 4 nitrogen and oxygen atoms in total. The molecule has 0 spiro atoms. The van der Waals surface area contributed by atoms with E-state index in [2.05, 4.69) is 32.6 Å². The summed E-state index contributed by atoms with van der Waals surface area (Å²) in [5.41, 5.74) is 1.81. The monoisotopic (exact) mass is 333 g/mol. The zero-order chi connectivity index (χ0) is 14.9. The third-order valence-corrected chi connectivity index (χ3v) is 3.62. The second kappa shape index (κ2) is 5.29. The van der Waals surface area contributed by atoms with E-state index >= 15 is 0 Å². The van der Waals surface area contributed by atoms with Gasteiger partial charge in [-0.1, -0.05) is 48.8 Å². The number of amides is 2.